The summed E-state index contributed by atoms with van der Waals surface area (Å²) >= 11 is 0. The van der Waals surface area contributed by atoms with Crippen LogP contribution in [0.4, 0.5) is 4.79 Å². The van der Waals surface area contributed by atoms with E-state index in [4.69, 9.17) is 4.74 Å². The van der Waals surface area contributed by atoms with Crippen LogP contribution in [-0.4, -0.2) is 81.4 Å². The lowest BCUT2D eigenvalue weighted by Gasteiger charge is -2.33. The Bertz CT molecular complexity index is 260. The summed E-state index contributed by atoms with van der Waals surface area (Å²) in [5.74, 6) is 0. The van der Waals surface area contributed by atoms with Crippen LogP contribution in [-0.2, 0) is 4.74 Å². The first-order chi connectivity index (χ1) is 8.29. The molecule has 2 N–H and O–H groups in total. The molecule has 2 amide bonds. The van der Waals surface area contributed by atoms with Crippen LogP contribution in [0.5, 0.6) is 0 Å². The maximum Gasteiger partial charge on any atom is 0.317 e. The minimum Gasteiger partial charge on any atom is -0.374 e. The molecule has 0 aromatic heterocycles. The quantitative estimate of drug-likeness (QED) is 0.645. The normalized spacial score (nSPS) is 26.3. The molecule has 6 nitrogen and oxygen atoms in total. The number of likely N-dealkylation sites (N-methyl/N-ethyl adjacent to an activating group) is 1. The molecule has 0 spiro atoms. The van der Waals surface area contributed by atoms with Gasteiger partial charge >= 0.3 is 6.03 Å². The van der Waals surface area contributed by atoms with Crippen LogP contribution in [0.3, 0.4) is 0 Å². The summed E-state index contributed by atoms with van der Waals surface area (Å²) in [6.45, 7) is 6.98. The van der Waals surface area contributed by atoms with Crippen molar-refractivity contribution in [1.82, 2.24) is 20.4 Å². The molecular weight excluding hydrogens is 220 g/mol. The van der Waals surface area contributed by atoms with Crippen LogP contribution >= 0.6 is 0 Å². The zero-order valence-corrected chi connectivity index (χ0v) is 10.4. The molecule has 2 aliphatic rings. The number of nitrogens with one attached hydrogen (secondary N) is 2. The first-order valence-electron chi connectivity index (χ1n) is 6.31. The fraction of sp³-hybridized carbons (Fsp3) is 0.909. The average molecular weight is 242 g/mol. The van der Waals surface area contributed by atoms with Gasteiger partial charge in [-0.05, 0) is 7.05 Å². The number of rotatable bonds is 5. The molecule has 0 bridgehead atoms. The molecule has 2 rings (SSSR count). The van der Waals surface area contributed by atoms with Crippen molar-refractivity contribution in [2.24, 2.45) is 0 Å². The van der Waals surface area contributed by atoms with E-state index in [1.807, 2.05) is 11.9 Å². The summed E-state index contributed by atoms with van der Waals surface area (Å²) in [5.41, 5.74) is 0. The van der Waals surface area contributed by atoms with Crippen molar-refractivity contribution in [3.8, 4) is 0 Å². The molecule has 0 aromatic rings. The van der Waals surface area contributed by atoms with Crippen molar-refractivity contribution in [3.05, 3.63) is 0 Å². The van der Waals surface area contributed by atoms with Crippen LogP contribution in [0.25, 0.3) is 0 Å². The Morgan fingerprint density at radius 3 is 3.06 bits per heavy atom. The van der Waals surface area contributed by atoms with E-state index < -0.39 is 0 Å². The van der Waals surface area contributed by atoms with Gasteiger partial charge in [0, 0.05) is 45.8 Å². The van der Waals surface area contributed by atoms with Crippen molar-refractivity contribution in [1.29, 1.82) is 0 Å². The summed E-state index contributed by atoms with van der Waals surface area (Å²) in [6, 6.07) is 0.0741. The van der Waals surface area contributed by atoms with Crippen LogP contribution in [0.15, 0.2) is 0 Å². The van der Waals surface area contributed by atoms with Gasteiger partial charge in [-0.1, -0.05) is 0 Å². The van der Waals surface area contributed by atoms with E-state index >= 15 is 0 Å². The van der Waals surface area contributed by atoms with E-state index in [-0.39, 0.29) is 12.1 Å². The summed E-state index contributed by atoms with van der Waals surface area (Å²) < 4.78 is 5.64. The van der Waals surface area contributed by atoms with Gasteiger partial charge in [-0.2, -0.15) is 0 Å². The Morgan fingerprint density at radius 1 is 1.47 bits per heavy atom. The second-order valence-electron chi connectivity index (χ2n) is 4.57. The summed E-state index contributed by atoms with van der Waals surface area (Å²) in [5, 5.41) is 5.96. The summed E-state index contributed by atoms with van der Waals surface area (Å²) in [4.78, 5) is 15.6. The molecule has 0 aliphatic carbocycles. The SMILES string of the molecule is CNCC1CN(CCN2CCNC2=O)CCO1. The number of hydrogen-bond donors (Lipinski definition) is 2. The van der Waals surface area contributed by atoms with E-state index in [9.17, 15) is 4.79 Å². The van der Waals surface area contributed by atoms with Crippen LogP contribution < -0.4 is 10.6 Å². The third-order valence-corrected chi connectivity index (χ3v) is 3.29. The number of morpholine rings is 1. The number of amides is 2. The fourth-order valence-corrected chi connectivity index (χ4v) is 2.32. The Morgan fingerprint density at radius 2 is 2.35 bits per heavy atom. The minimum absolute atomic E-state index is 0.0741. The lowest BCUT2D eigenvalue weighted by atomic mass is 10.2. The first kappa shape index (κ1) is 12.6. The topological polar surface area (TPSA) is 56.8 Å². The fourth-order valence-electron chi connectivity index (χ4n) is 2.32. The van der Waals surface area contributed by atoms with E-state index in [0.717, 1.165) is 52.4 Å². The molecule has 2 saturated heterocycles. The van der Waals surface area contributed by atoms with Gasteiger partial charge in [-0.15, -0.1) is 0 Å². The largest absolute Gasteiger partial charge is 0.374 e. The second-order valence-corrected chi connectivity index (χ2v) is 4.57. The third kappa shape index (κ3) is 3.55. The minimum atomic E-state index is 0.0741. The Balaban J connectivity index is 1.69. The highest BCUT2D eigenvalue weighted by Gasteiger charge is 2.23. The maximum atomic E-state index is 11.4. The van der Waals surface area contributed by atoms with Gasteiger partial charge in [0.25, 0.3) is 0 Å². The number of carbonyl (C=O) groups excluding carboxylic acids is 1. The van der Waals surface area contributed by atoms with E-state index in [1.165, 1.54) is 0 Å². The van der Waals surface area contributed by atoms with Crippen LogP contribution in [0.2, 0.25) is 0 Å². The van der Waals surface area contributed by atoms with Crippen molar-refractivity contribution >= 4 is 6.03 Å². The van der Waals surface area contributed by atoms with Crippen molar-refractivity contribution in [2.45, 2.75) is 6.10 Å². The van der Waals surface area contributed by atoms with Gasteiger partial charge in [0.1, 0.15) is 0 Å². The standard InChI is InChI=1S/C11H22N4O2/c1-12-8-10-9-14(6-7-17-10)4-5-15-3-2-13-11(15)16/h10,12H,2-9H2,1H3,(H,13,16). The molecule has 2 aliphatic heterocycles. The highest BCUT2D eigenvalue weighted by Crippen LogP contribution is 2.05. The molecule has 17 heavy (non-hydrogen) atoms. The highest BCUT2D eigenvalue weighted by atomic mass is 16.5. The predicted molar refractivity (Wildman–Crippen MR) is 65.1 cm³/mol. The highest BCUT2D eigenvalue weighted by molar-refractivity contribution is 5.76. The van der Waals surface area contributed by atoms with Gasteiger partial charge < -0.3 is 20.3 Å². The van der Waals surface area contributed by atoms with Gasteiger partial charge in [-0.25, -0.2) is 4.79 Å². The monoisotopic (exact) mass is 242 g/mol. The molecule has 1 atom stereocenters. The first-order valence-corrected chi connectivity index (χ1v) is 6.31. The molecule has 2 fully saturated rings. The average Bonchev–Trinajstić information content (AvgIpc) is 2.73. The molecule has 0 aromatic carbocycles. The molecule has 98 valence electrons. The van der Waals surface area contributed by atoms with E-state index in [1.54, 1.807) is 0 Å². The van der Waals surface area contributed by atoms with E-state index in [2.05, 4.69) is 15.5 Å². The number of hydrogen-bond acceptors (Lipinski definition) is 4. The Kier molecular flexibility index (Phi) is 4.58. The molecule has 0 radical (unpaired) electrons. The lowest BCUT2D eigenvalue weighted by molar-refractivity contribution is -0.0272. The zero-order chi connectivity index (χ0) is 12.1. The van der Waals surface area contributed by atoms with Crippen molar-refractivity contribution in [2.75, 3.05) is 59.5 Å². The number of urea groups is 1. The van der Waals surface area contributed by atoms with Crippen molar-refractivity contribution < 1.29 is 9.53 Å². The Hall–Kier alpha value is -0.850. The molecule has 2 heterocycles. The van der Waals surface area contributed by atoms with E-state index in [0.29, 0.717) is 0 Å². The number of ether oxygens (including phenoxy) is 1. The van der Waals surface area contributed by atoms with Crippen LogP contribution in [0, 0.1) is 0 Å². The number of nitrogens with zero attached hydrogens (tertiary/aromatic N) is 2. The maximum absolute atomic E-state index is 11.4. The van der Waals surface area contributed by atoms with Gasteiger partial charge in [-0.3, -0.25) is 4.90 Å². The Labute approximate surface area is 102 Å². The third-order valence-electron chi connectivity index (χ3n) is 3.29. The summed E-state index contributed by atoms with van der Waals surface area (Å²) in [7, 11) is 1.94. The second kappa shape index (κ2) is 6.18. The van der Waals surface area contributed by atoms with Gasteiger partial charge in [0.2, 0.25) is 0 Å². The lowest BCUT2D eigenvalue weighted by Crippen LogP contribution is -2.48. The number of carbonyl (C=O) groups is 1. The van der Waals surface area contributed by atoms with Crippen molar-refractivity contribution in [3.63, 3.8) is 0 Å². The van der Waals surface area contributed by atoms with Crippen LogP contribution in [0.1, 0.15) is 0 Å². The molecule has 6 heteroatoms. The molecule has 1 unspecified atom stereocenters. The molecule has 0 saturated carbocycles. The van der Waals surface area contributed by atoms with Gasteiger partial charge in [0.15, 0.2) is 0 Å². The van der Waals surface area contributed by atoms with Gasteiger partial charge in [0.05, 0.1) is 12.7 Å². The smallest absolute Gasteiger partial charge is 0.317 e. The predicted octanol–water partition coefficient (Wildman–Crippen LogP) is -1.07. The summed E-state index contributed by atoms with van der Waals surface area (Å²) in [6.07, 6.45) is 0.279. The molecular formula is C11H22N4O2. The zero-order valence-electron chi connectivity index (χ0n) is 10.4.